The Balaban J connectivity index is 2.90. The SMILES string of the molecule is CNC(=O)C(CC(C)C)NC(=O)c1cc(Br)ccc1C. The van der Waals surface area contributed by atoms with Gasteiger partial charge in [0.05, 0.1) is 0 Å². The normalized spacial score (nSPS) is 12.1. The van der Waals surface area contributed by atoms with E-state index in [9.17, 15) is 9.59 Å². The molecule has 0 radical (unpaired) electrons. The number of carbonyl (C=O) groups is 2. The Labute approximate surface area is 128 Å². The minimum Gasteiger partial charge on any atom is -0.357 e. The van der Waals surface area contributed by atoms with E-state index in [1.807, 2.05) is 32.9 Å². The molecule has 20 heavy (non-hydrogen) atoms. The molecular formula is C15H21BrN2O2. The Kier molecular flexibility index (Phi) is 6.20. The van der Waals surface area contributed by atoms with Crippen molar-refractivity contribution in [3.05, 3.63) is 33.8 Å². The number of hydrogen-bond acceptors (Lipinski definition) is 2. The molecule has 5 heteroatoms. The summed E-state index contributed by atoms with van der Waals surface area (Å²) in [5.41, 5.74) is 1.46. The minimum atomic E-state index is -0.508. The van der Waals surface area contributed by atoms with Crippen LogP contribution in [0.15, 0.2) is 22.7 Å². The molecule has 1 unspecified atom stereocenters. The molecule has 1 atom stereocenters. The van der Waals surface area contributed by atoms with E-state index in [4.69, 9.17) is 0 Å². The van der Waals surface area contributed by atoms with Gasteiger partial charge in [-0.3, -0.25) is 9.59 Å². The van der Waals surface area contributed by atoms with Crippen molar-refractivity contribution in [2.24, 2.45) is 5.92 Å². The van der Waals surface area contributed by atoms with Crippen LogP contribution in [-0.4, -0.2) is 24.9 Å². The quantitative estimate of drug-likeness (QED) is 0.865. The molecular weight excluding hydrogens is 320 g/mol. The first kappa shape index (κ1) is 16.7. The van der Waals surface area contributed by atoms with Gasteiger partial charge < -0.3 is 10.6 Å². The highest BCUT2D eigenvalue weighted by Crippen LogP contribution is 2.16. The first-order valence-electron chi connectivity index (χ1n) is 6.63. The topological polar surface area (TPSA) is 58.2 Å². The maximum atomic E-state index is 12.3. The summed E-state index contributed by atoms with van der Waals surface area (Å²) >= 11 is 3.35. The van der Waals surface area contributed by atoms with Gasteiger partial charge in [-0.15, -0.1) is 0 Å². The summed E-state index contributed by atoms with van der Waals surface area (Å²) in [5, 5.41) is 5.40. The van der Waals surface area contributed by atoms with Crippen molar-refractivity contribution >= 4 is 27.7 Å². The third-order valence-corrected chi connectivity index (χ3v) is 3.51. The van der Waals surface area contributed by atoms with Gasteiger partial charge in [-0.1, -0.05) is 35.8 Å². The van der Waals surface area contributed by atoms with Gasteiger partial charge in [0.2, 0.25) is 5.91 Å². The van der Waals surface area contributed by atoms with Crippen molar-refractivity contribution in [2.45, 2.75) is 33.2 Å². The summed E-state index contributed by atoms with van der Waals surface area (Å²) in [7, 11) is 1.58. The number of halogens is 1. The lowest BCUT2D eigenvalue weighted by Crippen LogP contribution is -2.46. The summed E-state index contributed by atoms with van der Waals surface area (Å²) in [4.78, 5) is 24.1. The van der Waals surface area contributed by atoms with E-state index in [1.54, 1.807) is 13.1 Å². The molecule has 0 heterocycles. The van der Waals surface area contributed by atoms with Gasteiger partial charge in [0.15, 0.2) is 0 Å². The van der Waals surface area contributed by atoms with Crippen LogP contribution in [0, 0.1) is 12.8 Å². The maximum Gasteiger partial charge on any atom is 0.252 e. The first-order chi connectivity index (χ1) is 9.35. The number of likely N-dealkylation sites (N-methyl/N-ethyl adjacent to an activating group) is 1. The van der Waals surface area contributed by atoms with Gasteiger partial charge in [0, 0.05) is 17.1 Å². The summed E-state index contributed by atoms with van der Waals surface area (Å²) in [5.74, 6) is -0.0704. The monoisotopic (exact) mass is 340 g/mol. The van der Waals surface area contributed by atoms with Crippen molar-refractivity contribution < 1.29 is 9.59 Å². The van der Waals surface area contributed by atoms with Gasteiger partial charge in [0.1, 0.15) is 6.04 Å². The number of amides is 2. The van der Waals surface area contributed by atoms with Gasteiger partial charge in [0.25, 0.3) is 5.91 Å². The molecule has 0 spiro atoms. The standard InChI is InChI=1S/C15H21BrN2O2/c1-9(2)7-13(15(20)17-4)18-14(19)12-8-11(16)6-5-10(12)3/h5-6,8-9,13H,7H2,1-4H3,(H,17,20)(H,18,19). The number of rotatable bonds is 5. The van der Waals surface area contributed by atoms with Gasteiger partial charge >= 0.3 is 0 Å². The van der Waals surface area contributed by atoms with E-state index in [0.717, 1.165) is 10.0 Å². The summed E-state index contributed by atoms with van der Waals surface area (Å²) in [6, 6.07) is 5.01. The second kappa shape index (κ2) is 7.43. The molecule has 0 aliphatic heterocycles. The predicted octanol–water partition coefficient (Wildman–Crippen LogP) is 2.65. The zero-order valence-corrected chi connectivity index (χ0v) is 13.9. The molecule has 2 N–H and O–H groups in total. The van der Waals surface area contributed by atoms with Gasteiger partial charge in [-0.05, 0) is 37.0 Å². The highest BCUT2D eigenvalue weighted by molar-refractivity contribution is 9.10. The first-order valence-corrected chi connectivity index (χ1v) is 7.43. The molecule has 1 aromatic carbocycles. The average Bonchev–Trinajstić information content (AvgIpc) is 2.39. The molecule has 1 aromatic rings. The lowest BCUT2D eigenvalue weighted by molar-refractivity contribution is -0.122. The van der Waals surface area contributed by atoms with Crippen LogP contribution >= 0.6 is 15.9 Å². The van der Waals surface area contributed by atoms with E-state index in [2.05, 4.69) is 26.6 Å². The van der Waals surface area contributed by atoms with Crippen molar-refractivity contribution in [1.82, 2.24) is 10.6 Å². The molecule has 4 nitrogen and oxygen atoms in total. The van der Waals surface area contributed by atoms with E-state index >= 15 is 0 Å². The number of hydrogen-bond donors (Lipinski definition) is 2. The van der Waals surface area contributed by atoms with Crippen LogP contribution in [0.5, 0.6) is 0 Å². The van der Waals surface area contributed by atoms with Crippen LogP contribution in [0.25, 0.3) is 0 Å². The van der Waals surface area contributed by atoms with Crippen LogP contribution in [-0.2, 0) is 4.79 Å². The summed E-state index contributed by atoms with van der Waals surface area (Å²) in [6.07, 6.45) is 0.610. The average molecular weight is 341 g/mol. The van der Waals surface area contributed by atoms with Crippen molar-refractivity contribution in [2.75, 3.05) is 7.05 Å². The highest BCUT2D eigenvalue weighted by Gasteiger charge is 2.22. The largest absolute Gasteiger partial charge is 0.357 e. The second-order valence-electron chi connectivity index (χ2n) is 5.23. The lowest BCUT2D eigenvalue weighted by Gasteiger charge is -2.19. The Morgan fingerprint density at radius 3 is 2.50 bits per heavy atom. The fourth-order valence-electron chi connectivity index (χ4n) is 1.95. The Morgan fingerprint density at radius 2 is 1.95 bits per heavy atom. The van der Waals surface area contributed by atoms with Gasteiger partial charge in [-0.2, -0.15) is 0 Å². The smallest absolute Gasteiger partial charge is 0.252 e. The Bertz CT molecular complexity index is 501. The zero-order chi connectivity index (χ0) is 15.3. The zero-order valence-electron chi connectivity index (χ0n) is 12.3. The predicted molar refractivity (Wildman–Crippen MR) is 83.7 cm³/mol. The molecule has 0 aliphatic rings. The second-order valence-corrected chi connectivity index (χ2v) is 6.14. The molecule has 0 fully saturated rings. The molecule has 0 saturated heterocycles. The van der Waals surface area contributed by atoms with E-state index in [1.165, 1.54) is 0 Å². The third kappa shape index (κ3) is 4.63. The van der Waals surface area contributed by atoms with Crippen molar-refractivity contribution in [3.63, 3.8) is 0 Å². The number of benzene rings is 1. The maximum absolute atomic E-state index is 12.3. The summed E-state index contributed by atoms with van der Waals surface area (Å²) in [6.45, 7) is 5.91. The minimum absolute atomic E-state index is 0.167. The lowest BCUT2D eigenvalue weighted by atomic mass is 10.0. The molecule has 110 valence electrons. The fraction of sp³-hybridized carbons (Fsp3) is 0.467. The van der Waals surface area contributed by atoms with Crippen molar-refractivity contribution in [3.8, 4) is 0 Å². The van der Waals surface area contributed by atoms with Crippen molar-refractivity contribution in [1.29, 1.82) is 0 Å². The molecule has 1 rings (SSSR count). The van der Waals surface area contributed by atoms with Crippen LogP contribution < -0.4 is 10.6 Å². The Morgan fingerprint density at radius 1 is 1.30 bits per heavy atom. The van der Waals surface area contributed by atoms with Crippen LogP contribution in [0.2, 0.25) is 0 Å². The molecule has 0 saturated carbocycles. The number of aryl methyl sites for hydroxylation is 1. The molecule has 0 aliphatic carbocycles. The van der Waals surface area contributed by atoms with E-state index in [0.29, 0.717) is 17.9 Å². The van der Waals surface area contributed by atoms with Crippen LogP contribution in [0.3, 0.4) is 0 Å². The third-order valence-electron chi connectivity index (χ3n) is 3.02. The Hall–Kier alpha value is -1.36. The number of carbonyl (C=O) groups excluding carboxylic acids is 2. The fourth-order valence-corrected chi connectivity index (χ4v) is 2.31. The highest BCUT2D eigenvalue weighted by atomic mass is 79.9. The number of nitrogens with one attached hydrogen (secondary N) is 2. The van der Waals surface area contributed by atoms with Crippen LogP contribution in [0.1, 0.15) is 36.2 Å². The van der Waals surface area contributed by atoms with E-state index < -0.39 is 6.04 Å². The molecule has 0 bridgehead atoms. The summed E-state index contributed by atoms with van der Waals surface area (Å²) < 4.78 is 0.841. The molecule has 2 amide bonds. The molecule has 0 aromatic heterocycles. The van der Waals surface area contributed by atoms with Crippen LogP contribution in [0.4, 0.5) is 0 Å². The van der Waals surface area contributed by atoms with Gasteiger partial charge in [-0.25, -0.2) is 0 Å². The van der Waals surface area contributed by atoms with E-state index in [-0.39, 0.29) is 11.8 Å².